The number of benzene rings is 2. The molecule has 0 saturated heterocycles. The summed E-state index contributed by atoms with van der Waals surface area (Å²) < 4.78 is 0. The van der Waals surface area contributed by atoms with Crippen LogP contribution in [0.25, 0.3) is 0 Å². The zero-order valence-corrected chi connectivity index (χ0v) is 9.82. The molecular formula is C15H13N3. The summed E-state index contributed by atoms with van der Waals surface area (Å²) in [6.07, 6.45) is 3.38. The third-order valence-electron chi connectivity index (χ3n) is 3.00. The van der Waals surface area contributed by atoms with Gasteiger partial charge in [-0.1, -0.05) is 60.7 Å². The molecule has 3 nitrogen and oxygen atoms in total. The molecule has 1 N–H and O–H groups in total. The van der Waals surface area contributed by atoms with Crippen molar-refractivity contribution in [3.8, 4) is 0 Å². The van der Waals surface area contributed by atoms with Crippen LogP contribution in [0.5, 0.6) is 0 Å². The van der Waals surface area contributed by atoms with Gasteiger partial charge in [0.25, 0.3) is 0 Å². The maximum Gasteiger partial charge on any atom is 0.204 e. The van der Waals surface area contributed by atoms with Crippen LogP contribution in [0.2, 0.25) is 0 Å². The molecule has 1 aliphatic rings. The first kappa shape index (κ1) is 10.7. The van der Waals surface area contributed by atoms with Crippen LogP contribution in [0.15, 0.2) is 70.6 Å². The number of hydrogen-bond donors (Lipinski definition) is 1. The van der Waals surface area contributed by atoms with Crippen molar-refractivity contribution in [2.24, 2.45) is 9.98 Å². The van der Waals surface area contributed by atoms with Gasteiger partial charge in [-0.25, -0.2) is 9.98 Å². The second kappa shape index (κ2) is 4.45. The van der Waals surface area contributed by atoms with Gasteiger partial charge in [0.1, 0.15) is 0 Å². The molecule has 3 heteroatoms. The molecule has 0 unspecified atom stereocenters. The minimum atomic E-state index is -0.659. The summed E-state index contributed by atoms with van der Waals surface area (Å²) in [6, 6.07) is 20.2. The predicted octanol–water partition coefficient (Wildman–Crippen LogP) is 2.55. The van der Waals surface area contributed by atoms with Crippen molar-refractivity contribution in [3.63, 3.8) is 0 Å². The van der Waals surface area contributed by atoms with Crippen LogP contribution in [0.4, 0.5) is 0 Å². The van der Waals surface area contributed by atoms with E-state index in [1.807, 2.05) is 60.7 Å². The molecule has 0 saturated carbocycles. The number of nitrogens with zero attached hydrogens (tertiary/aromatic N) is 2. The molecule has 0 amide bonds. The largest absolute Gasteiger partial charge is 0.338 e. The number of nitrogens with one attached hydrogen (secondary N) is 1. The highest BCUT2D eigenvalue weighted by Gasteiger charge is 2.33. The van der Waals surface area contributed by atoms with Crippen molar-refractivity contribution >= 4 is 12.7 Å². The minimum Gasteiger partial charge on any atom is -0.338 e. The summed E-state index contributed by atoms with van der Waals surface area (Å²) in [5.41, 5.74) is 1.46. The van der Waals surface area contributed by atoms with Crippen LogP contribution in [0, 0.1) is 0 Å². The van der Waals surface area contributed by atoms with E-state index in [2.05, 4.69) is 15.3 Å². The Bertz CT molecular complexity index is 520. The molecule has 88 valence electrons. The van der Waals surface area contributed by atoms with E-state index in [4.69, 9.17) is 0 Å². The van der Waals surface area contributed by atoms with Crippen molar-refractivity contribution in [1.82, 2.24) is 5.32 Å². The van der Waals surface area contributed by atoms with Crippen LogP contribution >= 0.6 is 0 Å². The zero-order valence-electron chi connectivity index (χ0n) is 9.82. The summed E-state index contributed by atoms with van der Waals surface area (Å²) >= 11 is 0. The summed E-state index contributed by atoms with van der Waals surface area (Å²) in [6.45, 7) is 0. The Balaban J connectivity index is 2.20. The van der Waals surface area contributed by atoms with E-state index in [9.17, 15) is 0 Å². The Morgan fingerprint density at radius 1 is 0.667 bits per heavy atom. The van der Waals surface area contributed by atoms with E-state index >= 15 is 0 Å². The van der Waals surface area contributed by atoms with Crippen LogP contribution in [-0.2, 0) is 5.66 Å². The Morgan fingerprint density at radius 3 is 1.56 bits per heavy atom. The smallest absolute Gasteiger partial charge is 0.204 e. The molecule has 1 aliphatic heterocycles. The first-order chi connectivity index (χ1) is 8.92. The lowest BCUT2D eigenvalue weighted by atomic mass is 9.92. The second-order valence-corrected chi connectivity index (χ2v) is 4.09. The van der Waals surface area contributed by atoms with Crippen molar-refractivity contribution in [3.05, 3.63) is 71.8 Å². The van der Waals surface area contributed by atoms with Crippen LogP contribution < -0.4 is 5.32 Å². The van der Waals surface area contributed by atoms with Gasteiger partial charge in [0.05, 0.1) is 12.7 Å². The fourth-order valence-electron chi connectivity index (χ4n) is 2.13. The molecule has 0 aromatic heterocycles. The third-order valence-corrected chi connectivity index (χ3v) is 3.00. The van der Waals surface area contributed by atoms with E-state index in [0.717, 1.165) is 11.1 Å². The molecule has 0 radical (unpaired) electrons. The van der Waals surface area contributed by atoms with E-state index in [1.54, 1.807) is 12.7 Å². The van der Waals surface area contributed by atoms with E-state index in [0.29, 0.717) is 0 Å². The third kappa shape index (κ3) is 1.70. The van der Waals surface area contributed by atoms with Gasteiger partial charge in [-0.05, 0) is 0 Å². The molecule has 0 spiro atoms. The molecular weight excluding hydrogens is 222 g/mol. The first-order valence-corrected chi connectivity index (χ1v) is 5.86. The highest BCUT2D eigenvalue weighted by molar-refractivity contribution is 5.78. The van der Waals surface area contributed by atoms with Crippen molar-refractivity contribution in [2.75, 3.05) is 0 Å². The van der Waals surface area contributed by atoms with Gasteiger partial charge in [-0.15, -0.1) is 0 Å². The normalized spacial score (nSPS) is 16.2. The summed E-state index contributed by atoms with van der Waals surface area (Å²) in [7, 11) is 0. The first-order valence-electron chi connectivity index (χ1n) is 5.86. The lowest BCUT2D eigenvalue weighted by Gasteiger charge is -2.28. The zero-order chi connectivity index (χ0) is 12.3. The van der Waals surface area contributed by atoms with Gasteiger partial charge in [0.2, 0.25) is 5.66 Å². The highest BCUT2D eigenvalue weighted by Crippen LogP contribution is 2.35. The van der Waals surface area contributed by atoms with E-state index in [-0.39, 0.29) is 0 Å². The summed E-state index contributed by atoms with van der Waals surface area (Å²) in [4.78, 5) is 9.13. The minimum absolute atomic E-state index is 0.659. The Hall–Kier alpha value is -2.42. The Labute approximate surface area is 106 Å². The maximum atomic E-state index is 4.57. The molecule has 0 aliphatic carbocycles. The fourth-order valence-corrected chi connectivity index (χ4v) is 2.13. The lowest BCUT2D eigenvalue weighted by molar-refractivity contribution is 0.571. The standard InChI is InChI=1S/C15H13N3/c1-3-7-13(8-4-1)15(17-11-16-12-18-15)14-9-5-2-6-10-14/h1-12H,(H,16,17,18). The molecule has 0 fully saturated rings. The van der Waals surface area contributed by atoms with Crippen LogP contribution in [0.1, 0.15) is 11.1 Å². The fraction of sp³-hybridized carbons (Fsp3) is 0.0667. The predicted molar refractivity (Wildman–Crippen MR) is 73.8 cm³/mol. The average molecular weight is 235 g/mol. The van der Waals surface area contributed by atoms with Crippen molar-refractivity contribution in [2.45, 2.75) is 5.66 Å². The van der Waals surface area contributed by atoms with Gasteiger partial charge < -0.3 is 5.32 Å². The van der Waals surface area contributed by atoms with E-state index in [1.165, 1.54) is 0 Å². The van der Waals surface area contributed by atoms with Gasteiger partial charge in [-0.3, -0.25) is 0 Å². The highest BCUT2D eigenvalue weighted by atomic mass is 15.2. The quantitative estimate of drug-likeness (QED) is 0.853. The van der Waals surface area contributed by atoms with Crippen LogP contribution in [-0.4, -0.2) is 12.7 Å². The summed E-state index contributed by atoms with van der Waals surface area (Å²) in [5, 5.41) is 2.90. The Morgan fingerprint density at radius 2 is 1.11 bits per heavy atom. The number of hydrogen-bond acceptors (Lipinski definition) is 3. The molecule has 2 aromatic carbocycles. The van der Waals surface area contributed by atoms with Gasteiger partial charge in [0, 0.05) is 11.1 Å². The number of aliphatic imine (C=N–C) groups is 2. The monoisotopic (exact) mass is 235 g/mol. The lowest BCUT2D eigenvalue weighted by Crippen LogP contribution is -2.30. The topological polar surface area (TPSA) is 36.8 Å². The average Bonchev–Trinajstić information content (AvgIpc) is 2.50. The molecule has 0 atom stereocenters. The van der Waals surface area contributed by atoms with Gasteiger partial charge in [0.15, 0.2) is 0 Å². The maximum absolute atomic E-state index is 4.57. The Kier molecular flexibility index (Phi) is 2.65. The van der Waals surface area contributed by atoms with Crippen molar-refractivity contribution in [1.29, 1.82) is 0 Å². The van der Waals surface area contributed by atoms with Crippen molar-refractivity contribution < 1.29 is 0 Å². The molecule has 0 bridgehead atoms. The molecule has 18 heavy (non-hydrogen) atoms. The SMILES string of the molecule is C1=NC(c2ccccc2)(c2ccccc2)N=CN1. The second-order valence-electron chi connectivity index (χ2n) is 4.09. The number of rotatable bonds is 2. The van der Waals surface area contributed by atoms with Gasteiger partial charge >= 0.3 is 0 Å². The van der Waals surface area contributed by atoms with Crippen LogP contribution in [0.3, 0.4) is 0 Å². The van der Waals surface area contributed by atoms with E-state index < -0.39 is 5.66 Å². The van der Waals surface area contributed by atoms with Gasteiger partial charge in [-0.2, -0.15) is 0 Å². The molecule has 2 aromatic rings. The molecule has 3 rings (SSSR count). The molecule has 1 heterocycles. The summed E-state index contributed by atoms with van der Waals surface area (Å²) in [5.74, 6) is 0.